The van der Waals surface area contributed by atoms with Crippen molar-refractivity contribution in [3.05, 3.63) is 101 Å². The van der Waals surface area contributed by atoms with E-state index in [1.54, 1.807) is 41.3 Å². The summed E-state index contributed by atoms with van der Waals surface area (Å²) in [7, 11) is 0. The molecule has 8 nitrogen and oxygen atoms in total. The maximum Gasteiger partial charge on any atom is 0.255 e. The number of amides is 1. The van der Waals surface area contributed by atoms with E-state index in [1.165, 1.54) is 17.8 Å². The molecule has 1 aliphatic heterocycles. The van der Waals surface area contributed by atoms with Gasteiger partial charge in [-0.1, -0.05) is 42.1 Å². The normalized spacial score (nSPS) is 14.5. The Morgan fingerprint density at radius 1 is 1.10 bits per heavy atom. The van der Waals surface area contributed by atoms with Crippen LogP contribution in [0.15, 0.2) is 89.5 Å². The van der Waals surface area contributed by atoms with Gasteiger partial charge in [0.2, 0.25) is 11.1 Å². The standard InChI is InChI=1S/C29H30FN7OS/c1-4-36(5-2)23-14-12-20(13-15-23)26-25(27(38)33-22-10-8-16-31-17-22)19(3)32-28-34-29(35-37(26)28)39-18-21-9-6-7-11-24(21)30/h6-17,26H,4-5,18H2,1-3H3,(H,33,38)(H,32,34,35)/t26-/m0/s1. The van der Waals surface area contributed by atoms with Gasteiger partial charge in [0, 0.05) is 36.4 Å². The predicted octanol–water partition coefficient (Wildman–Crippen LogP) is 5.88. The van der Waals surface area contributed by atoms with Gasteiger partial charge in [-0.05, 0) is 62.2 Å². The highest BCUT2D eigenvalue weighted by Gasteiger charge is 2.34. The summed E-state index contributed by atoms with van der Waals surface area (Å²) < 4.78 is 15.9. The van der Waals surface area contributed by atoms with Gasteiger partial charge >= 0.3 is 0 Å². The average molecular weight is 544 g/mol. The van der Waals surface area contributed by atoms with E-state index in [0.717, 1.165) is 24.3 Å². The summed E-state index contributed by atoms with van der Waals surface area (Å²) in [6, 6.07) is 17.9. The lowest BCUT2D eigenvalue weighted by atomic mass is 9.94. The fourth-order valence-electron chi connectivity index (χ4n) is 4.64. The highest BCUT2D eigenvalue weighted by atomic mass is 32.2. The number of nitrogens with zero attached hydrogens (tertiary/aromatic N) is 5. The first-order valence-corrected chi connectivity index (χ1v) is 13.8. The van der Waals surface area contributed by atoms with Gasteiger partial charge in [-0.2, -0.15) is 4.98 Å². The van der Waals surface area contributed by atoms with Crippen LogP contribution in [0, 0.1) is 5.82 Å². The van der Waals surface area contributed by atoms with Crippen LogP contribution < -0.4 is 15.5 Å². The SMILES string of the molecule is CCN(CC)c1ccc([C@H]2C(C(=O)Nc3cccnc3)=C(C)Nc3nc(SCc4ccccc4F)nn32)cc1. The fraction of sp³-hybridized carbons (Fsp3) is 0.241. The lowest BCUT2D eigenvalue weighted by molar-refractivity contribution is -0.113. The molecule has 0 spiro atoms. The molecular formula is C29H30FN7OS. The molecular weight excluding hydrogens is 513 g/mol. The maximum absolute atomic E-state index is 14.2. The Hall–Kier alpha value is -4.18. The van der Waals surface area contributed by atoms with Crippen molar-refractivity contribution in [2.75, 3.05) is 28.6 Å². The molecule has 0 saturated carbocycles. The molecule has 5 rings (SSSR count). The number of rotatable bonds is 9. The van der Waals surface area contributed by atoms with E-state index in [1.807, 2.05) is 25.1 Å². The number of anilines is 3. The van der Waals surface area contributed by atoms with Crippen LogP contribution in [-0.2, 0) is 10.5 Å². The van der Waals surface area contributed by atoms with Crippen molar-refractivity contribution in [1.29, 1.82) is 0 Å². The first-order valence-electron chi connectivity index (χ1n) is 12.8. The van der Waals surface area contributed by atoms with Gasteiger partial charge in [-0.15, -0.1) is 5.10 Å². The number of carbonyl (C=O) groups is 1. The number of halogens is 1. The van der Waals surface area contributed by atoms with E-state index >= 15 is 0 Å². The molecule has 0 aliphatic carbocycles. The molecule has 1 aliphatic rings. The summed E-state index contributed by atoms with van der Waals surface area (Å²) in [6.45, 7) is 7.91. The molecule has 200 valence electrons. The number of thioether (sulfide) groups is 1. The summed E-state index contributed by atoms with van der Waals surface area (Å²) >= 11 is 1.35. The average Bonchev–Trinajstić information content (AvgIpc) is 3.36. The second-order valence-corrected chi connectivity index (χ2v) is 10.0. The molecule has 10 heteroatoms. The Bertz CT molecular complexity index is 1480. The number of carbonyl (C=O) groups excluding carboxylic acids is 1. The zero-order chi connectivity index (χ0) is 27.4. The molecule has 0 fully saturated rings. The quantitative estimate of drug-likeness (QED) is 0.255. The van der Waals surface area contributed by atoms with E-state index in [9.17, 15) is 9.18 Å². The van der Waals surface area contributed by atoms with Crippen LogP contribution in [0.3, 0.4) is 0 Å². The maximum atomic E-state index is 14.2. The molecule has 2 N–H and O–H groups in total. The van der Waals surface area contributed by atoms with Crippen molar-refractivity contribution in [3.8, 4) is 0 Å². The third-order valence-corrected chi connectivity index (χ3v) is 7.54. The molecule has 2 aromatic heterocycles. The Balaban J connectivity index is 1.50. The van der Waals surface area contributed by atoms with Gasteiger partial charge in [0.15, 0.2) is 0 Å². The highest BCUT2D eigenvalue weighted by molar-refractivity contribution is 7.98. The summed E-state index contributed by atoms with van der Waals surface area (Å²) in [5.74, 6) is 0.400. The topological polar surface area (TPSA) is 88.0 Å². The van der Waals surface area contributed by atoms with Gasteiger partial charge in [0.25, 0.3) is 5.91 Å². The van der Waals surface area contributed by atoms with Gasteiger partial charge in [-0.3, -0.25) is 9.78 Å². The second kappa shape index (κ2) is 11.7. The van der Waals surface area contributed by atoms with Gasteiger partial charge in [0.05, 0.1) is 17.5 Å². The first kappa shape index (κ1) is 26.4. The van der Waals surface area contributed by atoms with Crippen molar-refractivity contribution in [2.24, 2.45) is 0 Å². The van der Waals surface area contributed by atoms with Crippen LogP contribution in [-0.4, -0.2) is 38.7 Å². The molecule has 39 heavy (non-hydrogen) atoms. The van der Waals surface area contributed by atoms with Crippen LogP contribution in [0.4, 0.5) is 21.7 Å². The summed E-state index contributed by atoms with van der Waals surface area (Å²) in [4.78, 5) is 24.7. The lowest BCUT2D eigenvalue weighted by Gasteiger charge is -2.29. The summed E-state index contributed by atoms with van der Waals surface area (Å²) in [5, 5.41) is 11.5. The van der Waals surface area contributed by atoms with Gasteiger partial charge in [0.1, 0.15) is 11.9 Å². The Morgan fingerprint density at radius 2 is 1.87 bits per heavy atom. The molecule has 0 unspecified atom stereocenters. The molecule has 0 saturated heterocycles. The van der Waals surface area contributed by atoms with Crippen LogP contribution >= 0.6 is 11.8 Å². The van der Waals surface area contributed by atoms with Crippen LogP contribution in [0.2, 0.25) is 0 Å². The van der Waals surface area contributed by atoms with Crippen molar-refractivity contribution >= 4 is 35.0 Å². The number of aromatic nitrogens is 4. The van der Waals surface area contributed by atoms with Crippen LogP contribution in [0.1, 0.15) is 37.9 Å². The summed E-state index contributed by atoms with van der Waals surface area (Å²) in [5.41, 5.74) is 4.40. The minimum Gasteiger partial charge on any atom is -0.372 e. The Labute approximate surface area is 231 Å². The van der Waals surface area contributed by atoms with Crippen molar-refractivity contribution in [3.63, 3.8) is 0 Å². The van der Waals surface area contributed by atoms with E-state index < -0.39 is 6.04 Å². The number of fused-ring (bicyclic) bond motifs is 1. The van der Waals surface area contributed by atoms with Gasteiger partial charge < -0.3 is 15.5 Å². The Kier molecular flexibility index (Phi) is 7.92. The zero-order valence-corrected chi connectivity index (χ0v) is 22.9. The number of pyridine rings is 1. The molecule has 0 bridgehead atoms. The van der Waals surface area contributed by atoms with Crippen LogP contribution in [0.5, 0.6) is 0 Å². The fourth-order valence-corrected chi connectivity index (χ4v) is 5.46. The molecule has 0 radical (unpaired) electrons. The predicted molar refractivity (Wildman–Crippen MR) is 153 cm³/mol. The van der Waals surface area contributed by atoms with Crippen LogP contribution in [0.25, 0.3) is 0 Å². The monoisotopic (exact) mass is 543 g/mol. The van der Waals surface area contributed by atoms with E-state index in [2.05, 4.69) is 51.5 Å². The number of allylic oxidation sites excluding steroid dienone is 1. The van der Waals surface area contributed by atoms with Gasteiger partial charge in [-0.25, -0.2) is 9.07 Å². The van der Waals surface area contributed by atoms with Crippen molar-refractivity contribution in [2.45, 2.75) is 37.7 Å². The molecule has 1 atom stereocenters. The third kappa shape index (κ3) is 5.65. The minimum absolute atomic E-state index is 0.257. The molecule has 1 amide bonds. The Morgan fingerprint density at radius 3 is 2.56 bits per heavy atom. The number of nitrogens with one attached hydrogen (secondary N) is 2. The highest BCUT2D eigenvalue weighted by Crippen LogP contribution is 2.37. The van der Waals surface area contributed by atoms with E-state index in [0.29, 0.717) is 39.4 Å². The molecule has 4 aromatic rings. The number of hydrogen-bond donors (Lipinski definition) is 2. The largest absolute Gasteiger partial charge is 0.372 e. The molecule has 2 aromatic carbocycles. The number of hydrogen-bond acceptors (Lipinski definition) is 7. The van der Waals surface area contributed by atoms with Crippen molar-refractivity contribution in [1.82, 2.24) is 19.7 Å². The second-order valence-electron chi connectivity index (χ2n) is 9.07. The molecule has 3 heterocycles. The lowest BCUT2D eigenvalue weighted by Crippen LogP contribution is -2.31. The minimum atomic E-state index is -0.515. The zero-order valence-electron chi connectivity index (χ0n) is 22.1. The van der Waals surface area contributed by atoms with E-state index in [-0.39, 0.29) is 11.7 Å². The van der Waals surface area contributed by atoms with Crippen molar-refractivity contribution < 1.29 is 9.18 Å². The first-order chi connectivity index (χ1) is 19.0. The summed E-state index contributed by atoms with van der Waals surface area (Å²) in [6.07, 6.45) is 3.26. The smallest absolute Gasteiger partial charge is 0.255 e. The third-order valence-electron chi connectivity index (χ3n) is 6.65. The number of benzene rings is 2. The van der Waals surface area contributed by atoms with E-state index in [4.69, 9.17) is 5.10 Å².